The van der Waals surface area contributed by atoms with E-state index in [9.17, 15) is 8.42 Å². The highest BCUT2D eigenvalue weighted by Crippen LogP contribution is 2.24. The van der Waals surface area contributed by atoms with Crippen molar-refractivity contribution < 1.29 is 13.2 Å². The van der Waals surface area contributed by atoms with Crippen LogP contribution in [0.1, 0.15) is 18.9 Å². The molecule has 0 saturated carbocycles. The molecule has 3 rings (SSSR count). The van der Waals surface area contributed by atoms with Crippen molar-refractivity contribution in [1.29, 1.82) is 0 Å². The molecular formula is C11H19N5O3S. The fourth-order valence-electron chi connectivity index (χ4n) is 2.66. The van der Waals surface area contributed by atoms with Gasteiger partial charge in [0.05, 0.1) is 31.6 Å². The molecule has 3 heterocycles. The number of piperidine rings is 1. The Hall–Kier alpha value is -1.03. The molecule has 0 amide bonds. The third-order valence-electron chi connectivity index (χ3n) is 3.81. The van der Waals surface area contributed by atoms with Gasteiger partial charge in [-0.05, 0) is 12.8 Å². The maximum absolute atomic E-state index is 12.5. The van der Waals surface area contributed by atoms with Crippen molar-refractivity contribution in [3.8, 4) is 0 Å². The van der Waals surface area contributed by atoms with Crippen molar-refractivity contribution >= 4 is 10.2 Å². The van der Waals surface area contributed by atoms with E-state index in [0.717, 1.165) is 12.8 Å². The normalized spacial score (nSPS) is 24.0. The van der Waals surface area contributed by atoms with Crippen LogP contribution in [0.5, 0.6) is 0 Å². The molecule has 1 aromatic rings. The Morgan fingerprint density at radius 3 is 2.10 bits per heavy atom. The molecule has 0 aromatic carbocycles. The maximum atomic E-state index is 12.5. The van der Waals surface area contributed by atoms with Gasteiger partial charge in [-0.25, -0.2) is 0 Å². The van der Waals surface area contributed by atoms with Crippen molar-refractivity contribution in [3.63, 3.8) is 0 Å². The monoisotopic (exact) mass is 301 g/mol. The molecule has 0 radical (unpaired) electrons. The van der Waals surface area contributed by atoms with Gasteiger partial charge in [-0.15, -0.1) is 0 Å². The molecule has 20 heavy (non-hydrogen) atoms. The Balaban J connectivity index is 1.62. The second kappa shape index (κ2) is 5.76. The van der Waals surface area contributed by atoms with Gasteiger partial charge in [0.25, 0.3) is 10.2 Å². The van der Waals surface area contributed by atoms with Crippen molar-refractivity contribution in [3.05, 3.63) is 12.4 Å². The van der Waals surface area contributed by atoms with Gasteiger partial charge in [0, 0.05) is 26.2 Å². The van der Waals surface area contributed by atoms with Crippen molar-refractivity contribution in [2.45, 2.75) is 18.9 Å². The molecule has 9 heteroatoms. The van der Waals surface area contributed by atoms with Gasteiger partial charge in [0.1, 0.15) is 0 Å². The lowest BCUT2D eigenvalue weighted by atomic mass is 10.1. The van der Waals surface area contributed by atoms with E-state index in [2.05, 4.69) is 10.2 Å². The maximum Gasteiger partial charge on any atom is 0.282 e. The first-order valence-corrected chi connectivity index (χ1v) is 8.26. The fraction of sp³-hybridized carbons (Fsp3) is 0.818. The zero-order valence-corrected chi connectivity index (χ0v) is 12.1. The number of ether oxygens (including phenoxy) is 1. The molecule has 2 fully saturated rings. The van der Waals surface area contributed by atoms with Crippen LogP contribution < -0.4 is 0 Å². The molecule has 2 aliphatic rings. The summed E-state index contributed by atoms with van der Waals surface area (Å²) < 4.78 is 33.3. The van der Waals surface area contributed by atoms with E-state index in [1.807, 2.05) is 0 Å². The third kappa shape index (κ3) is 2.71. The highest BCUT2D eigenvalue weighted by Gasteiger charge is 2.34. The molecule has 0 spiro atoms. The van der Waals surface area contributed by atoms with Crippen LogP contribution in [-0.4, -0.2) is 71.4 Å². The fourth-order valence-corrected chi connectivity index (χ4v) is 4.27. The van der Waals surface area contributed by atoms with Crippen LogP contribution in [0.15, 0.2) is 12.4 Å². The number of morpholine rings is 1. The molecule has 0 atom stereocenters. The smallest absolute Gasteiger partial charge is 0.282 e. The number of nitrogens with zero attached hydrogens (tertiary/aromatic N) is 5. The lowest BCUT2D eigenvalue weighted by molar-refractivity contribution is 0.0692. The number of hydrogen-bond acceptors (Lipinski definition) is 5. The average Bonchev–Trinajstić information content (AvgIpc) is 3.02. The minimum absolute atomic E-state index is 0.195. The topological polar surface area (TPSA) is 80.6 Å². The van der Waals surface area contributed by atoms with E-state index in [1.165, 1.54) is 4.31 Å². The third-order valence-corrected chi connectivity index (χ3v) is 5.84. The van der Waals surface area contributed by atoms with Crippen LogP contribution >= 0.6 is 0 Å². The summed E-state index contributed by atoms with van der Waals surface area (Å²) in [7, 11) is -3.34. The first-order chi connectivity index (χ1) is 9.68. The summed E-state index contributed by atoms with van der Waals surface area (Å²) in [6.07, 6.45) is 4.80. The van der Waals surface area contributed by atoms with Gasteiger partial charge in [-0.2, -0.15) is 32.0 Å². The largest absolute Gasteiger partial charge is 0.379 e. The lowest BCUT2D eigenvalue weighted by Gasteiger charge is -2.35. The predicted octanol–water partition coefficient (Wildman–Crippen LogP) is -0.508. The molecule has 2 aliphatic heterocycles. The summed E-state index contributed by atoms with van der Waals surface area (Å²) in [6.45, 7) is 2.89. The van der Waals surface area contributed by atoms with Crippen molar-refractivity contribution in [1.82, 2.24) is 23.6 Å². The van der Waals surface area contributed by atoms with E-state index in [-0.39, 0.29) is 6.04 Å². The highest BCUT2D eigenvalue weighted by atomic mass is 32.2. The van der Waals surface area contributed by atoms with Gasteiger partial charge < -0.3 is 4.74 Å². The second-order valence-electron chi connectivity index (χ2n) is 5.00. The van der Waals surface area contributed by atoms with Crippen LogP contribution in [0.3, 0.4) is 0 Å². The first kappa shape index (κ1) is 13.9. The van der Waals surface area contributed by atoms with Gasteiger partial charge in [0.2, 0.25) is 0 Å². The van der Waals surface area contributed by atoms with Gasteiger partial charge in [-0.1, -0.05) is 0 Å². The van der Waals surface area contributed by atoms with E-state index >= 15 is 0 Å². The van der Waals surface area contributed by atoms with E-state index in [1.54, 1.807) is 21.5 Å². The van der Waals surface area contributed by atoms with E-state index in [0.29, 0.717) is 39.4 Å². The Bertz CT molecular complexity index is 518. The standard InChI is InChI=1S/C11H19N5O3S/c17-20(18,15-7-9-19-10-8-15)14-5-1-11(2-6-14)16-12-3-4-13-16/h3-4,11H,1-2,5-10H2. The molecule has 0 aliphatic carbocycles. The van der Waals surface area contributed by atoms with Gasteiger partial charge in [-0.3, -0.25) is 0 Å². The molecule has 0 N–H and O–H groups in total. The summed E-state index contributed by atoms with van der Waals surface area (Å²) in [5.41, 5.74) is 0. The van der Waals surface area contributed by atoms with Crippen LogP contribution in [0.2, 0.25) is 0 Å². The number of aromatic nitrogens is 3. The van der Waals surface area contributed by atoms with Crippen molar-refractivity contribution in [2.75, 3.05) is 39.4 Å². The van der Waals surface area contributed by atoms with Crippen molar-refractivity contribution in [2.24, 2.45) is 0 Å². The Kier molecular flexibility index (Phi) is 4.01. The summed E-state index contributed by atoms with van der Waals surface area (Å²) in [5.74, 6) is 0. The first-order valence-electron chi connectivity index (χ1n) is 6.87. The lowest BCUT2D eigenvalue weighted by Crippen LogP contribution is -2.50. The Labute approximate surface area is 118 Å². The van der Waals surface area contributed by atoms with E-state index in [4.69, 9.17) is 4.74 Å². The average molecular weight is 301 g/mol. The molecule has 8 nitrogen and oxygen atoms in total. The summed E-state index contributed by atoms with van der Waals surface area (Å²) in [4.78, 5) is 1.68. The summed E-state index contributed by atoms with van der Waals surface area (Å²) in [6, 6.07) is 0.195. The van der Waals surface area contributed by atoms with Crippen LogP contribution in [0.25, 0.3) is 0 Å². The quantitative estimate of drug-likeness (QED) is 0.751. The molecule has 0 bridgehead atoms. The molecule has 1 aromatic heterocycles. The SMILES string of the molecule is O=S(=O)(N1CCOCC1)N1CCC(n2nccn2)CC1. The zero-order valence-electron chi connectivity index (χ0n) is 11.3. The summed E-state index contributed by atoms with van der Waals surface area (Å²) >= 11 is 0. The minimum atomic E-state index is -3.34. The Morgan fingerprint density at radius 1 is 0.950 bits per heavy atom. The van der Waals surface area contributed by atoms with Gasteiger partial charge >= 0.3 is 0 Å². The summed E-state index contributed by atoms with van der Waals surface area (Å²) in [5, 5.41) is 8.26. The predicted molar refractivity (Wildman–Crippen MR) is 71.2 cm³/mol. The molecule has 0 unspecified atom stereocenters. The molecular weight excluding hydrogens is 282 g/mol. The minimum Gasteiger partial charge on any atom is -0.379 e. The zero-order chi connectivity index (χ0) is 14.0. The van der Waals surface area contributed by atoms with Gasteiger partial charge in [0.15, 0.2) is 0 Å². The number of hydrogen-bond donors (Lipinski definition) is 0. The second-order valence-corrected chi connectivity index (χ2v) is 6.93. The van der Waals surface area contributed by atoms with Crippen LogP contribution in [0.4, 0.5) is 0 Å². The van der Waals surface area contributed by atoms with E-state index < -0.39 is 10.2 Å². The van der Waals surface area contributed by atoms with Crippen LogP contribution in [-0.2, 0) is 14.9 Å². The highest BCUT2D eigenvalue weighted by molar-refractivity contribution is 7.86. The number of rotatable bonds is 3. The Morgan fingerprint density at radius 2 is 1.50 bits per heavy atom. The molecule has 2 saturated heterocycles. The van der Waals surface area contributed by atoms with Crippen LogP contribution in [0, 0.1) is 0 Å². The molecule has 112 valence electrons.